The van der Waals surface area contributed by atoms with Crippen molar-refractivity contribution >= 4 is 16.0 Å². The maximum absolute atomic E-state index is 12.4. The molecule has 1 N–H and O–H groups in total. The summed E-state index contributed by atoms with van der Waals surface area (Å²) in [4.78, 5) is 11.0. The highest BCUT2D eigenvalue weighted by Gasteiger charge is 2.31. The van der Waals surface area contributed by atoms with Gasteiger partial charge in [-0.25, -0.2) is 13.2 Å². The van der Waals surface area contributed by atoms with Gasteiger partial charge in [0.05, 0.1) is 6.10 Å². The van der Waals surface area contributed by atoms with Gasteiger partial charge in [0.1, 0.15) is 10.6 Å². The van der Waals surface area contributed by atoms with E-state index in [0.29, 0.717) is 25.9 Å². The molecule has 0 amide bonds. The van der Waals surface area contributed by atoms with Crippen molar-refractivity contribution in [1.29, 1.82) is 0 Å². The van der Waals surface area contributed by atoms with Gasteiger partial charge < -0.3 is 14.4 Å². The van der Waals surface area contributed by atoms with Gasteiger partial charge in [-0.15, -0.1) is 0 Å². The number of carboxylic acids is 1. The highest BCUT2D eigenvalue weighted by atomic mass is 32.2. The van der Waals surface area contributed by atoms with Gasteiger partial charge in [-0.05, 0) is 18.9 Å². The third-order valence-electron chi connectivity index (χ3n) is 3.57. The molecule has 0 unspecified atom stereocenters. The molecule has 2 rings (SSSR count). The summed E-state index contributed by atoms with van der Waals surface area (Å²) in [5, 5.41) is 8.98. The Balaban J connectivity index is 2.23. The molecule has 1 fully saturated rings. The minimum Gasteiger partial charge on any atom is -0.477 e. The first kappa shape index (κ1) is 15.0. The fourth-order valence-electron chi connectivity index (χ4n) is 2.35. The number of carbonyl (C=O) groups is 1. The first-order valence-corrected chi connectivity index (χ1v) is 7.73. The summed E-state index contributed by atoms with van der Waals surface area (Å²) in [7, 11) is -0.506. The van der Waals surface area contributed by atoms with Gasteiger partial charge in [-0.2, -0.15) is 4.31 Å². The van der Waals surface area contributed by atoms with Gasteiger partial charge >= 0.3 is 5.97 Å². The molecule has 0 radical (unpaired) electrons. The zero-order valence-electron chi connectivity index (χ0n) is 11.4. The van der Waals surface area contributed by atoms with E-state index in [0.717, 1.165) is 0 Å². The third-order valence-corrected chi connectivity index (χ3v) is 5.43. The predicted octanol–water partition coefficient (Wildman–Crippen LogP) is 0.523. The number of ether oxygens (including phenoxy) is 1. The standard InChI is InChI=1S/C12H18N2O5S/c1-13-8-10(7-11(13)12(15)16)20(17,18)14-5-3-9(19-2)4-6-14/h7-9H,3-6H2,1-2H3,(H,15,16). The second-order valence-corrected chi connectivity index (χ2v) is 6.75. The van der Waals surface area contributed by atoms with Crippen molar-refractivity contribution in [3.05, 3.63) is 18.0 Å². The number of hydrogen-bond acceptors (Lipinski definition) is 4. The topological polar surface area (TPSA) is 88.8 Å². The Kier molecular flexibility index (Phi) is 4.17. The number of hydrogen-bond donors (Lipinski definition) is 1. The van der Waals surface area contributed by atoms with E-state index in [1.807, 2.05) is 0 Å². The normalized spacial score (nSPS) is 18.3. The molecule has 1 saturated heterocycles. The molecule has 8 heteroatoms. The average Bonchev–Trinajstić information content (AvgIpc) is 2.82. The number of rotatable bonds is 4. The second kappa shape index (κ2) is 5.55. The minimum atomic E-state index is -3.64. The lowest BCUT2D eigenvalue weighted by Crippen LogP contribution is -2.40. The summed E-state index contributed by atoms with van der Waals surface area (Å²) < 4.78 is 32.8. The zero-order chi connectivity index (χ0) is 14.9. The number of aryl methyl sites for hydroxylation is 1. The van der Waals surface area contributed by atoms with E-state index >= 15 is 0 Å². The molecule has 0 aliphatic carbocycles. The highest BCUT2D eigenvalue weighted by molar-refractivity contribution is 7.89. The molecular weight excluding hydrogens is 284 g/mol. The van der Waals surface area contributed by atoms with E-state index in [1.165, 1.54) is 28.2 Å². The second-order valence-electron chi connectivity index (χ2n) is 4.82. The summed E-state index contributed by atoms with van der Waals surface area (Å²) >= 11 is 0. The molecule has 0 aromatic carbocycles. The third kappa shape index (κ3) is 2.72. The Bertz CT molecular complexity index is 599. The Labute approximate surface area is 117 Å². The zero-order valence-corrected chi connectivity index (χ0v) is 12.3. The highest BCUT2D eigenvalue weighted by Crippen LogP contribution is 2.23. The quantitative estimate of drug-likeness (QED) is 0.876. The van der Waals surface area contributed by atoms with Crippen molar-refractivity contribution in [1.82, 2.24) is 8.87 Å². The Hall–Kier alpha value is -1.38. The van der Waals surface area contributed by atoms with E-state index in [-0.39, 0.29) is 16.7 Å². The number of sulfonamides is 1. The van der Waals surface area contributed by atoms with E-state index < -0.39 is 16.0 Å². The van der Waals surface area contributed by atoms with Gasteiger partial charge in [-0.1, -0.05) is 0 Å². The summed E-state index contributed by atoms with van der Waals surface area (Å²) in [6, 6.07) is 1.19. The van der Waals surface area contributed by atoms with Crippen molar-refractivity contribution < 1.29 is 23.1 Å². The summed E-state index contributed by atoms with van der Waals surface area (Å²) in [6.07, 6.45) is 2.72. The molecule has 0 bridgehead atoms. The molecule has 7 nitrogen and oxygen atoms in total. The van der Waals surface area contributed by atoms with Gasteiger partial charge in [0.25, 0.3) is 0 Å². The molecule has 1 aromatic heterocycles. The van der Waals surface area contributed by atoms with Gasteiger partial charge in [-0.3, -0.25) is 0 Å². The lowest BCUT2D eigenvalue weighted by molar-refractivity contribution is 0.0604. The fourth-order valence-corrected chi connectivity index (χ4v) is 3.89. The smallest absolute Gasteiger partial charge is 0.352 e. The van der Waals surface area contributed by atoms with Crippen LogP contribution in [0.1, 0.15) is 23.3 Å². The van der Waals surface area contributed by atoms with Crippen LogP contribution in [0, 0.1) is 0 Å². The van der Waals surface area contributed by atoms with E-state index in [1.54, 1.807) is 7.11 Å². The van der Waals surface area contributed by atoms with Crippen LogP contribution in [0.2, 0.25) is 0 Å². The monoisotopic (exact) mass is 302 g/mol. The fraction of sp³-hybridized carbons (Fsp3) is 0.583. The van der Waals surface area contributed by atoms with Crippen molar-refractivity contribution in [3.8, 4) is 0 Å². The van der Waals surface area contributed by atoms with Gasteiger partial charge in [0.2, 0.25) is 10.0 Å². The van der Waals surface area contributed by atoms with E-state index in [4.69, 9.17) is 9.84 Å². The summed E-state index contributed by atoms with van der Waals surface area (Å²) in [5.74, 6) is -1.15. The molecule has 1 aliphatic heterocycles. The molecule has 1 aromatic rings. The molecule has 2 heterocycles. The maximum atomic E-state index is 12.4. The van der Waals surface area contributed by atoms with Crippen LogP contribution in [0.4, 0.5) is 0 Å². The van der Waals surface area contributed by atoms with Crippen LogP contribution in [-0.4, -0.2) is 54.7 Å². The number of aromatic nitrogens is 1. The van der Waals surface area contributed by atoms with Gasteiger partial charge in [0.15, 0.2) is 0 Å². The van der Waals surface area contributed by atoms with Gasteiger partial charge in [0, 0.05) is 33.4 Å². The van der Waals surface area contributed by atoms with E-state index in [9.17, 15) is 13.2 Å². The summed E-state index contributed by atoms with van der Waals surface area (Å²) in [5.41, 5.74) is -0.0460. The summed E-state index contributed by atoms with van der Waals surface area (Å²) in [6.45, 7) is 0.774. The first-order chi connectivity index (χ1) is 9.36. The molecule has 0 atom stereocenters. The number of aromatic carboxylic acids is 1. The van der Waals surface area contributed by atoms with Crippen LogP contribution < -0.4 is 0 Å². The predicted molar refractivity (Wildman–Crippen MR) is 71.2 cm³/mol. The average molecular weight is 302 g/mol. The van der Waals surface area contributed by atoms with Crippen LogP contribution >= 0.6 is 0 Å². The molecule has 0 spiro atoms. The Morgan fingerprint density at radius 1 is 1.40 bits per heavy atom. The molecule has 0 saturated carbocycles. The van der Waals surface area contributed by atoms with Crippen molar-refractivity contribution in [2.45, 2.75) is 23.8 Å². The van der Waals surface area contributed by atoms with Crippen LogP contribution in [-0.2, 0) is 21.8 Å². The lowest BCUT2D eigenvalue weighted by atomic mass is 10.1. The largest absolute Gasteiger partial charge is 0.477 e. The minimum absolute atomic E-state index is 0.0215. The molecular formula is C12H18N2O5S. The van der Waals surface area contributed by atoms with Crippen LogP contribution in [0.25, 0.3) is 0 Å². The van der Waals surface area contributed by atoms with Crippen LogP contribution in [0.3, 0.4) is 0 Å². The molecule has 1 aliphatic rings. The van der Waals surface area contributed by atoms with Crippen molar-refractivity contribution in [2.24, 2.45) is 7.05 Å². The van der Waals surface area contributed by atoms with Crippen molar-refractivity contribution in [3.63, 3.8) is 0 Å². The van der Waals surface area contributed by atoms with Crippen LogP contribution in [0.15, 0.2) is 17.2 Å². The lowest BCUT2D eigenvalue weighted by Gasteiger charge is -2.30. The number of piperidine rings is 1. The maximum Gasteiger partial charge on any atom is 0.352 e. The Morgan fingerprint density at radius 2 is 2.00 bits per heavy atom. The number of carboxylic acid groups (broad SMARTS) is 1. The molecule has 20 heavy (non-hydrogen) atoms. The SMILES string of the molecule is COC1CCN(S(=O)(=O)c2cc(C(=O)O)n(C)c2)CC1. The van der Waals surface area contributed by atoms with E-state index in [2.05, 4.69) is 0 Å². The molecule has 112 valence electrons. The van der Waals surface area contributed by atoms with Crippen LogP contribution in [0.5, 0.6) is 0 Å². The Morgan fingerprint density at radius 3 is 2.45 bits per heavy atom. The number of nitrogens with zero attached hydrogens (tertiary/aromatic N) is 2. The van der Waals surface area contributed by atoms with Crippen molar-refractivity contribution in [2.75, 3.05) is 20.2 Å². The first-order valence-electron chi connectivity index (χ1n) is 6.29. The number of methoxy groups -OCH3 is 1.